The molecule has 106 valence electrons. The fourth-order valence-electron chi connectivity index (χ4n) is 2.97. The first kappa shape index (κ1) is 14.3. The smallest absolute Gasteiger partial charge is 0.0594 e. The number of likely N-dealkylation sites (N-methyl/N-ethyl adjacent to an activating group) is 1. The Bertz CT molecular complexity index is 231. The third-order valence-corrected chi connectivity index (χ3v) is 4.26. The van der Waals surface area contributed by atoms with E-state index >= 15 is 0 Å². The monoisotopic (exact) mass is 255 g/mol. The van der Waals surface area contributed by atoms with Gasteiger partial charge in [-0.3, -0.25) is 4.90 Å². The molecular formula is C14H29N3O. The highest BCUT2D eigenvalue weighted by Gasteiger charge is 2.20. The molecule has 2 aliphatic rings. The van der Waals surface area contributed by atoms with Crippen LogP contribution in [0.25, 0.3) is 0 Å². The molecule has 0 aromatic carbocycles. The van der Waals surface area contributed by atoms with Gasteiger partial charge in [0.1, 0.15) is 0 Å². The number of ether oxygens (including phenoxy) is 1. The summed E-state index contributed by atoms with van der Waals surface area (Å²) in [6.07, 6.45) is 4.12. The lowest BCUT2D eigenvalue weighted by Crippen LogP contribution is -2.49. The van der Waals surface area contributed by atoms with E-state index in [0.29, 0.717) is 6.04 Å². The summed E-state index contributed by atoms with van der Waals surface area (Å²) < 4.78 is 5.38. The van der Waals surface area contributed by atoms with Crippen LogP contribution in [0.4, 0.5) is 0 Å². The van der Waals surface area contributed by atoms with Crippen LogP contribution in [0.3, 0.4) is 0 Å². The predicted molar refractivity (Wildman–Crippen MR) is 75.0 cm³/mol. The fraction of sp³-hybridized carbons (Fsp3) is 1.00. The summed E-state index contributed by atoms with van der Waals surface area (Å²) in [4.78, 5) is 5.02. The second-order valence-electron chi connectivity index (χ2n) is 5.85. The molecule has 2 saturated heterocycles. The van der Waals surface area contributed by atoms with Crippen molar-refractivity contribution in [1.29, 1.82) is 0 Å². The molecule has 18 heavy (non-hydrogen) atoms. The van der Waals surface area contributed by atoms with E-state index in [9.17, 15) is 0 Å². The second kappa shape index (κ2) is 7.43. The van der Waals surface area contributed by atoms with Gasteiger partial charge in [-0.15, -0.1) is 0 Å². The van der Waals surface area contributed by atoms with Crippen LogP contribution < -0.4 is 5.32 Å². The molecule has 0 radical (unpaired) electrons. The van der Waals surface area contributed by atoms with Crippen LogP contribution in [0.15, 0.2) is 0 Å². The molecule has 2 atom stereocenters. The topological polar surface area (TPSA) is 27.7 Å². The van der Waals surface area contributed by atoms with Gasteiger partial charge in [0, 0.05) is 38.3 Å². The van der Waals surface area contributed by atoms with Gasteiger partial charge in [0.05, 0.1) is 13.2 Å². The zero-order chi connectivity index (χ0) is 12.8. The molecule has 0 saturated carbocycles. The predicted octanol–water partition coefficient (Wildman–Crippen LogP) is 0.781. The molecule has 1 N–H and O–H groups in total. The first-order valence-corrected chi connectivity index (χ1v) is 7.49. The minimum Gasteiger partial charge on any atom is -0.379 e. The first-order chi connectivity index (χ1) is 8.75. The zero-order valence-corrected chi connectivity index (χ0v) is 12.0. The summed E-state index contributed by atoms with van der Waals surface area (Å²) in [5, 5.41) is 3.71. The lowest BCUT2D eigenvalue weighted by atomic mass is 10.0. The van der Waals surface area contributed by atoms with Gasteiger partial charge < -0.3 is 15.0 Å². The minimum absolute atomic E-state index is 0.582. The Morgan fingerprint density at radius 2 is 2.00 bits per heavy atom. The fourth-order valence-corrected chi connectivity index (χ4v) is 2.97. The first-order valence-electron chi connectivity index (χ1n) is 7.49. The van der Waals surface area contributed by atoms with Crippen LogP contribution in [-0.4, -0.2) is 74.9 Å². The summed E-state index contributed by atoms with van der Waals surface area (Å²) in [5.41, 5.74) is 0. The van der Waals surface area contributed by atoms with Crippen LogP contribution in [0.1, 0.15) is 26.2 Å². The molecule has 2 unspecified atom stereocenters. The molecule has 2 aliphatic heterocycles. The molecule has 0 bridgehead atoms. The van der Waals surface area contributed by atoms with E-state index in [1.54, 1.807) is 0 Å². The summed E-state index contributed by atoms with van der Waals surface area (Å²) in [6.45, 7) is 9.85. The number of piperidine rings is 1. The maximum Gasteiger partial charge on any atom is 0.0594 e. The Morgan fingerprint density at radius 1 is 1.22 bits per heavy atom. The molecule has 4 nitrogen and oxygen atoms in total. The van der Waals surface area contributed by atoms with Crippen LogP contribution in [0, 0.1) is 0 Å². The number of likely N-dealkylation sites (tertiary alicyclic amines) is 1. The molecule has 0 spiro atoms. The maximum absolute atomic E-state index is 5.38. The third-order valence-electron chi connectivity index (χ3n) is 4.26. The van der Waals surface area contributed by atoms with E-state index < -0.39 is 0 Å². The van der Waals surface area contributed by atoms with Crippen LogP contribution in [0.5, 0.6) is 0 Å². The van der Waals surface area contributed by atoms with E-state index in [0.717, 1.165) is 45.4 Å². The van der Waals surface area contributed by atoms with Gasteiger partial charge in [-0.25, -0.2) is 0 Å². The number of hydrogen-bond acceptors (Lipinski definition) is 4. The molecular weight excluding hydrogens is 226 g/mol. The molecule has 2 rings (SSSR count). The highest BCUT2D eigenvalue weighted by Crippen LogP contribution is 2.14. The van der Waals surface area contributed by atoms with Crippen molar-refractivity contribution in [2.75, 3.05) is 53.0 Å². The van der Waals surface area contributed by atoms with E-state index in [4.69, 9.17) is 4.74 Å². The summed E-state index contributed by atoms with van der Waals surface area (Å²) >= 11 is 0. The van der Waals surface area contributed by atoms with Crippen molar-refractivity contribution in [3.8, 4) is 0 Å². The average molecular weight is 255 g/mol. The zero-order valence-electron chi connectivity index (χ0n) is 12.0. The summed E-state index contributed by atoms with van der Waals surface area (Å²) in [7, 11) is 2.26. The van der Waals surface area contributed by atoms with Crippen LogP contribution in [0.2, 0.25) is 0 Å². The average Bonchev–Trinajstić information content (AvgIpc) is 2.39. The van der Waals surface area contributed by atoms with Crippen molar-refractivity contribution < 1.29 is 4.74 Å². The Balaban J connectivity index is 1.62. The Kier molecular flexibility index (Phi) is 5.89. The third kappa shape index (κ3) is 4.50. The Labute approximate surface area is 112 Å². The van der Waals surface area contributed by atoms with Gasteiger partial charge in [0.2, 0.25) is 0 Å². The Morgan fingerprint density at radius 3 is 2.72 bits per heavy atom. The lowest BCUT2D eigenvalue weighted by molar-refractivity contribution is 0.0339. The SMILES string of the molecule is CC(CN1CCOCC1)NCC1CCCCN1C. The summed E-state index contributed by atoms with van der Waals surface area (Å²) in [6, 6.07) is 1.32. The van der Waals surface area contributed by atoms with Gasteiger partial charge in [-0.1, -0.05) is 6.42 Å². The van der Waals surface area contributed by atoms with Crippen molar-refractivity contribution in [3.63, 3.8) is 0 Å². The highest BCUT2D eigenvalue weighted by molar-refractivity contribution is 4.78. The molecule has 0 amide bonds. The number of hydrogen-bond donors (Lipinski definition) is 1. The quantitative estimate of drug-likeness (QED) is 0.786. The number of morpholine rings is 1. The van der Waals surface area contributed by atoms with E-state index in [-0.39, 0.29) is 0 Å². The molecule has 2 fully saturated rings. The maximum atomic E-state index is 5.38. The second-order valence-corrected chi connectivity index (χ2v) is 5.85. The summed E-state index contributed by atoms with van der Waals surface area (Å²) in [5.74, 6) is 0. The van der Waals surface area contributed by atoms with Gasteiger partial charge >= 0.3 is 0 Å². The van der Waals surface area contributed by atoms with E-state index in [1.807, 2.05) is 0 Å². The number of nitrogens with one attached hydrogen (secondary N) is 1. The van der Waals surface area contributed by atoms with Gasteiger partial charge in [0.25, 0.3) is 0 Å². The lowest BCUT2D eigenvalue weighted by Gasteiger charge is -2.34. The van der Waals surface area contributed by atoms with Gasteiger partial charge in [-0.2, -0.15) is 0 Å². The van der Waals surface area contributed by atoms with Crippen molar-refractivity contribution in [2.24, 2.45) is 0 Å². The minimum atomic E-state index is 0.582. The van der Waals surface area contributed by atoms with Gasteiger partial charge in [-0.05, 0) is 33.4 Å². The van der Waals surface area contributed by atoms with Crippen molar-refractivity contribution in [1.82, 2.24) is 15.1 Å². The molecule has 0 aromatic rings. The molecule has 0 aliphatic carbocycles. The van der Waals surface area contributed by atoms with Gasteiger partial charge in [0.15, 0.2) is 0 Å². The normalized spacial score (nSPS) is 29.3. The van der Waals surface area contributed by atoms with Crippen LogP contribution >= 0.6 is 0 Å². The molecule has 0 aromatic heterocycles. The van der Waals surface area contributed by atoms with Crippen molar-refractivity contribution in [3.05, 3.63) is 0 Å². The molecule has 2 heterocycles. The Hall–Kier alpha value is -0.160. The van der Waals surface area contributed by atoms with Crippen molar-refractivity contribution in [2.45, 2.75) is 38.3 Å². The van der Waals surface area contributed by atoms with E-state index in [1.165, 1.54) is 25.8 Å². The largest absolute Gasteiger partial charge is 0.379 e. The highest BCUT2D eigenvalue weighted by atomic mass is 16.5. The van der Waals surface area contributed by atoms with Crippen molar-refractivity contribution >= 4 is 0 Å². The van der Waals surface area contributed by atoms with E-state index in [2.05, 4.69) is 29.1 Å². The number of nitrogens with zero attached hydrogens (tertiary/aromatic N) is 2. The standard InChI is InChI=1S/C14H29N3O/c1-13(12-17-7-9-18-10-8-17)15-11-14-5-3-4-6-16(14)2/h13-15H,3-12H2,1-2H3. The van der Waals surface area contributed by atoms with Crippen LogP contribution in [-0.2, 0) is 4.74 Å². The molecule has 4 heteroatoms. The number of rotatable bonds is 5.